The maximum absolute atomic E-state index is 13.3. The predicted molar refractivity (Wildman–Crippen MR) is 60.8 cm³/mol. The van der Waals surface area contributed by atoms with E-state index in [-0.39, 0.29) is 17.5 Å². The third kappa shape index (κ3) is 2.59. The van der Waals surface area contributed by atoms with Gasteiger partial charge in [-0.2, -0.15) is 0 Å². The van der Waals surface area contributed by atoms with Gasteiger partial charge in [0.1, 0.15) is 17.5 Å². The molecule has 1 nitrogen and oxygen atoms in total. The van der Waals surface area contributed by atoms with E-state index in [4.69, 9.17) is 0 Å². The van der Waals surface area contributed by atoms with Crippen molar-refractivity contribution >= 4 is 5.78 Å². The Balaban J connectivity index is 2.25. The van der Waals surface area contributed by atoms with Crippen molar-refractivity contribution in [2.45, 2.75) is 6.42 Å². The summed E-state index contributed by atoms with van der Waals surface area (Å²) in [6.45, 7) is 0. The summed E-state index contributed by atoms with van der Waals surface area (Å²) in [6, 6.07) is 8.47. The van der Waals surface area contributed by atoms with Crippen molar-refractivity contribution in [2.24, 2.45) is 0 Å². The first kappa shape index (κ1) is 12.4. The fraction of sp³-hybridized carbons (Fsp3) is 0.0714. The van der Waals surface area contributed by atoms with Crippen molar-refractivity contribution in [1.29, 1.82) is 0 Å². The van der Waals surface area contributed by atoms with Crippen LogP contribution in [0.5, 0.6) is 0 Å². The van der Waals surface area contributed by atoms with Crippen LogP contribution in [0.15, 0.2) is 42.5 Å². The van der Waals surface area contributed by atoms with Gasteiger partial charge in [0.2, 0.25) is 0 Å². The number of halogens is 3. The van der Waals surface area contributed by atoms with Crippen molar-refractivity contribution in [2.75, 3.05) is 0 Å². The number of carbonyl (C=O) groups is 1. The van der Waals surface area contributed by atoms with E-state index in [1.54, 1.807) is 6.07 Å². The van der Waals surface area contributed by atoms with Crippen LogP contribution in [0, 0.1) is 17.5 Å². The second-order valence-electron chi connectivity index (χ2n) is 3.82. The standard InChI is InChI=1S/C14H9F3O/c15-10-5-6-11(13(17)8-10)14(18)7-9-3-1-2-4-12(9)16/h1-6,8H,7H2. The molecule has 0 saturated carbocycles. The van der Waals surface area contributed by atoms with Crippen LogP contribution in [0.25, 0.3) is 0 Å². The first-order chi connectivity index (χ1) is 8.58. The van der Waals surface area contributed by atoms with Gasteiger partial charge in [-0.05, 0) is 23.8 Å². The number of rotatable bonds is 3. The molecule has 18 heavy (non-hydrogen) atoms. The summed E-state index contributed by atoms with van der Waals surface area (Å²) in [5, 5.41) is 0. The van der Waals surface area contributed by atoms with Gasteiger partial charge in [0.25, 0.3) is 0 Å². The molecule has 0 fully saturated rings. The van der Waals surface area contributed by atoms with E-state index in [0.717, 1.165) is 12.1 Å². The van der Waals surface area contributed by atoms with E-state index >= 15 is 0 Å². The molecule has 0 heterocycles. The van der Waals surface area contributed by atoms with Crippen LogP contribution in [-0.2, 0) is 6.42 Å². The fourth-order valence-electron chi connectivity index (χ4n) is 1.63. The van der Waals surface area contributed by atoms with Crippen LogP contribution in [0.4, 0.5) is 13.2 Å². The van der Waals surface area contributed by atoms with E-state index in [1.165, 1.54) is 18.2 Å². The quantitative estimate of drug-likeness (QED) is 0.761. The fourth-order valence-corrected chi connectivity index (χ4v) is 1.63. The second kappa shape index (κ2) is 5.04. The Bertz CT molecular complexity index is 593. The number of Topliss-reactive ketones (excluding diaryl/α,β-unsaturated/α-hetero) is 1. The van der Waals surface area contributed by atoms with Gasteiger partial charge in [-0.15, -0.1) is 0 Å². The zero-order valence-corrected chi connectivity index (χ0v) is 9.29. The van der Waals surface area contributed by atoms with Gasteiger partial charge in [-0.1, -0.05) is 18.2 Å². The molecule has 0 aliphatic heterocycles. The molecule has 2 aromatic carbocycles. The lowest BCUT2D eigenvalue weighted by atomic mass is 10.0. The number of hydrogen-bond donors (Lipinski definition) is 0. The second-order valence-corrected chi connectivity index (χ2v) is 3.82. The van der Waals surface area contributed by atoms with Gasteiger partial charge in [0.05, 0.1) is 5.56 Å². The van der Waals surface area contributed by atoms with Crippen molar-refractivity contribution in [3.63, 3.8) is 0 Å². The summed E-state index contributed by atoms with van der Waals surface area (Å²) in [7, 11) is 0. The summed E-state index contributed by atoms with van der Waals surface area (Å²) in [5.41, 5.74) is -0.0501. The molecule has 0 saturated heterocycles. The molecule has 92 valence electrons. The van der Waals surface area contributed by atoms with Crippen molar-refractivity contribution < 1.29 is 18.0 Å². The van der Waals surface area contributed by atoms with Gasteiger partial charge in [0.15, 0.2) is 5.78 Å². The Kier molecular flexibility index (Phi) is 3.46. The molecule has 4 heteroatoms. The van der Waals surface area contributed by atoms with Crippen LogP contribution >= 0.6 is 0 Å². The molecule has 2 rings (SSSR count). The van der Waals surface area contributed by atoms with Crippen LogP contribution in [-0.4, -0.2) is 5.78 Å². The minimum absolute atomic E-state index is 0.186. The first-order valence-electron chi connectivity index (χ1n) is 5.29. The zero-order chi connectivity index (χ0) is 13.1. The minimum Gasteiger partial charge on any atom is -0.294 e. The monoisotopic (exact) mass is 250 g/mol. The molecule has 0 aliphatic carbocycles. The Morgan fingerprint density at radius 1 is 0.944 bits per heavy atom. The molecular weight excluding hydrogens is 241 g/mol. The van der Waals surface area contributed by atoms with Crippen molar-refractivity contribution in [3.8, 4) is 0 Å². The normalized spacial score (nSPS) is 10.4. The number of ketones is 1. The summed E-state index contributed by atoms with van der Waals surface area (Å²) in [6.07, 6.45) is -0.255. The number of carbonyl (C=O) groups excluding carboxylic acids is 1. The van der Waals surface area contributed by atoms with Crippen LogP contribution in [0.1, 0.15) is 15.9 Å². The van der Waals surface area contributed by atoms with Gasteiger partial charge >= 0.3 is 0 Å². The molecule has 0 amide bonds. The molecule has 0 N–H and O–H groups in total. The van der Waals surface area contributed by atoms with Crippen LogP contribution in [0.3, 0.4) is 0 Å². The maximum Gasteiger partial charge on any atom is 0.170 e. The maximum atomic E-state index is 13.3. The van der Waals surface area contributed by atoms with E-state index in [2.05, 4.69) is 0 Å². The lowest BCUT2D eigenvalue weighted by Crippen LogP contribution is -2.07. The lowest BCUT2D eigenvalue weighted by molar-refractivity contribution is 0.0988. The topological polar surface area (TPSA) is 17.1 Å². The molecule has 0 aromatic heterocycles. The largest absolute Gasteiger partial charge is 0.294 e. The van der Waals surface area contributed by atoms with Gasteiger partial charge in [0, 0.05) is 12.5 Å². The Labute approximate surface area is 102 Å². The summed E-state index contributed by atoms with van der Waals surface area (Å²) in [5.74, 6) is -2.79. The summed E-state index contributed by atoms with van der Waals surface area (Å²) < 4.78 is 39.4. The molecule has 0 radical (unpaired) electrons. The lowest BCUT2D eigenvalue weighted by Gasteiger charge is -2.04. The third-order valence-electron chi connectivity index (χ3n) is 2.54. The SMILES string of the molecule is O=C(Cc1ccccc1F)c1ccc(F)cc1F. The van der Waals surface area contributed by atoms with E-state index in [1.807, 2.05) is 0 Å². The Hall–Kier alpha value is -2.10. The highest BCUT2D eigenvalue weighted by Crippen LogP contribution is 2.14. The highest BCUT2D eigenvalue weighted by molar-refractivity contribution is 5.97. The smallest absolute Gasteiger partial charge is 0.170 e. The van der Waals surface area contributed by atoms with Crippen molar-refractivity contribution in [3.05, 3.63) is 71.0 Å². The van der Waals surface area contributed by atoms with Crippen LogP contribution in [0.2, 0.25) is 0 Å². The third-order valence-corrected chi connectivity index (χ3v) is 2.54. The molecule has 0 unspecified atom stereocenters. The average molecular weight is 250 g/mol. The molecule has 0 atom stereocenters. The first-order valence-corrected chi connectivity index (χ1v) is 5.29. The van der Waals surface area contributed by atoms with E-state index in [0.29, 0.717) is 6.07 Å². The van der Waals surface area contributed by atoms with Crippen molar-refractivity contribution in [1.82, 2.24) is 0 Å². The molecular formula is C14H9F3O. The number of benzene rings is 2. The van der Waals surface area contributed by atoms with E-state index in [9.17, 15) is 18.0 Å². The highest BCUT2D eigenvalue weighted by atomic mass is 19.1. The van der Waals surface area contributed by atoms with Gasteiger partial charge < -0.3 is 0 Å². The van der Waals surface area contributed by atoms with Gasteiger partial charge in [-0.25, -0.2) is 13.2 Å². The average Bonchev–Trinajstić information content (AvgIpc) is 2.32. The molecule has 2 aromatic rings. The molecule has 0 aliphatic rings. The van der Waals surface area contributed by atoms with Crippen LogP contribution < -0.4 is 0 Å². The minimum atomic E-state index is -0.934. The summed E-state index contributed by atoms with van der Waals surface area (Å²) >= 11 is 0. The summed E-state index contributed by atoms with van der Waals surface area (Å²) in [4.78, 5) is 11.8. The highest BCUT2D eigenvalue weighted by Gasteiger charge is 2.14. The zero-order valence-electron chi connectivity index (χ0n) is 9.29. The Morgan fingerprint density at radius 2 is 1.67 bits per heavy atom. The molecule has 0 spiro atoms. The molecule has 0 bridgehead atoms. The number of hydrogen-bond acceptors (Lipinski definition) is 1. The Morgan fingerprint density at radius 3 is 2.33 bits per heavy atom. The predicted octanol–water partition coefficient (Wildman–Crippen LogP) is 3.53. The van der Waals surface area contributed by atoms with E-state index < -0.39 is 23.2 Å². The van der Waals surface area contributed by atoms with Gasteiger partial charge in [-0.3, -0.25) is 4.79 Å².